The molecule has 158 valence electrons. The van der Waals surface area contributed by atoms with E-state index in [1.807, 2.05) is 17.0 Å². The first-order chi connectivity index (χ1) is 14.4. The lowest BCUT2D eigenvalue weighted by atomic mass is 9.95. The number of carbonyl (C=O) groups is 2. The lowest BCUT2D eigenvalue weighted by Gasteiger charge is -2.32. The molecule has 3 rings (SSSR count). The number of anilines is 2. The first-order valence-electron chi connectivity index (χ1n) is 9.64. The van der Waals surface area contributed by atoms with Crippen LogP contribution in [-0.2, 0) is 4.79 Å². The molecule has 8 nitrogen and oxygen atoms in total. The number of nitrogens with zero attached hydrogens (tertiary/aromatic N) is 3. The Labute approximate surface area is 179 Å². The summed E-state index contributed by atoms with van der Waals surface area (Å²) in [4.78, 5) is 39.9. The second-order valence-corrected chi connectivity index (χ2v) is 8.25. The number of para-hydroxylation sites is 3. The van der Waals surface area contributed by atoms with Gasteiger partial charge in [-0.2, -0.15) is 0 Å². The zero-order valence-electron chi connectivity index (χ0n) is 16.9. The Balaban J connectivity index is 1.63. The lowest BCUT2D eigenvalue weighted by molar-refractivity contribution is -0.384. The maximum absolute atomic E-state index is 12.8. The van der Waals surface area contributed by atoms with Crippen LogP contribution in [0.3, 0.4) is 0 Å². The van der Waals surface area contributed by atoms with Crippen LogP contribution in [0.15, 0.2) is 53.4 Å². The van der Waals surface area contributed by atoms with Gasteiger partial charge in [-0.15, -0.1) is 0 Å². The standard InChI is InChI=1S/C21H24N4O4S/c1-23(2)21(27)30-19-10-6-3-7-16(19)22-20(26)15-11-13-24(14-12-15)17-8-4-5-9-18(17)25(28)29/h3-10,15H,11-14H2,1-2H3,(H,22,26). The molecular formula is C21H24N4O4S. The molecule has 1 aliphatic rings. The summed E-state index contributed by atoms with van der Waals surface area (Å²) in [5.41, 5.74) is 1.28. The van der Waals surface area contributed by atoms with Gasteiger partial charge in [-0.25, -0.2) is 0 Å². The van der Waals surface area contributed by atoms with Crippen LogP contribution in [0.5, 0.6) is 0 Å². The van der Waals surface area contributed by atoms with Gasteiger partial charge in [0.1, 0.15) is 5.69 Å². The van der Waals surface area contributed by atoms with Crippen molar-refractivity contribution in [3.05, 3.63) is 58.6 Å². The molecule has 1 N–H and O–H groups in total. The molecule has 1 saturated heterocycles. The van der Waals surface area contributed by atoms with Crippen molar-refractivity contribution < 1.29 is 14.5 Å². The Morgan fingerprint density at radius 1 is 1.10 bits per heavy atom. The van der Waals surface area contributed by atoms with Crippen LogP contribution in [0.2, 0.25) is 0 Å². The molecule has 1 heterocycles. The number of hydrogen-bond acceptors (Lipinski definition) is 6. The van der Waals surface area contributed by atoms with E-state index in [2.05, 4.69) is 5.32 Å². The van der Waals surface area contributed by atoms with Crippen molar-refractivity contribution in [3.63, 3.8) is 0 Å². The lowest BCUT2D eigenvalue weighted by Crippen LogP contribution is -2.38. The zero-order valence-corrected chi connectivity index (χ0v) is 17.7. The molecule has 0 saturated carbocycles. The SMILES string of the molecule is CN(C)C(=O)Sc1ccccc1NC(=O)C1CCN(c2ccccc2[N+](=O)[O-])CC1. The highest BCUT2D eigenvalue weighted by Crippen LogP contribution is 2.33. The molecule has 0 aromatic heterocycles. The van der Waals surface area contributed by atoms with Crippen LogP contribution < -0.4 is 10.2 Å². The van der Waals surface area contributed by atoms with Gasteiger partial charge in [-0.05, 0) is 42.8 Å². The van der Waals surface area contributed by atoms with E-state index in [-0.39, 0.29) is 27.7 Å². The number of rotatable bonds is 5. The van der Waals surface area contributed by atoms with Crippen molar-refractivity contribution in [2.45, 2.75) is 17.7 Å². The van der Waals surface area contributed by atoms with E-state index in [4.69, 9.17) is 0 Å². The first-order valence-corrected chi connectivity index (χ1v) is 10.5. The minimum absolute atomic E-state index is 0.0805. The van der Waals surface area contributed by atoms with Crippen LogP contribution in [0.4, 0.5) is 21.9 Å². The third-order valence-electron chi connectivity index (χ3n) is 4.99. The molecule has 2 aromatic rings. The van der Waals surface area contributed by atoms with E-state index in [9.17, 15) is 19.7 Å². The number of benzene rings is 2. The molecule has 0 atom stereocenters. The summed E-state index contributed by atoms with van der Waals surface area (Å²) in [6.07, 6.45) is 1.20. The number of nitrogens with one attached hydrogen (secondary N) is 1. The number of carbonyl (C=O) groups excluding carboxylic acids is 2. The van der Waals surface area contributed by atoms with Gasteiger partial charge in [0.15, 0.2) is 0 Å². The van der Waals surface area contributed by atoms with Crippen LogP contribution in [0, 0.1) is 16.0 Å². The summed E-state index contributed by atoms with van der Waals surface area (Å²) in [7, 11) is 3.36. The molecule has 0 bridgehead atoms. The van der Waals surface area contributed by atoms with E-state index in [1.54, 1.807) is 44.4 Å². The van der Waals surface area contributed by atoms with Crippen molar-refractivity contribution in [2.75, 3.05) is 37.4 Å². The summed E-state index contributed by atoms with van der Waals surface area (Å²) < 4.78 is 0. The maximum Gasteiger partial charge on any atom is 0.292 e. The molecule has 1 aliphatic heterocycles. The molecule has 2 amide bonds. The fourth-order valence-corrected chi connectivity index (χ4v) is 4.09. The van der Waals surface area contributed by atoms with E-state index < -0.39 is 0 Å². The molecule has 0 radical (unpaired) electrons. The quantitative estimate of drug-likeness (QED) is 0.435. The van der Waals surface area contributed by atoms with Gasteiger partial charge in [0.2, 0.25) is 5.91 Å². The summed E-state index contributed by atoms with van der Waals surface area (Å²) >= 11 is 1.07. The Morgan fingerprint density at radius 3 is 2.40 bits per heavy atom. The van der Waals surface area contributed by atoms with Crippen LogP contribution in [0.25, 0.3) is 0 Å². The number of nitro benzene ring substituents is 1. The van der Waals surface area contributed by atoms with Crippen molar-refractivity contribution in [1.82, 2.24) is 4.90 Å². The topological polar surface area (TPSA) is 95.8 Å². The monoisotopic (exact) mass is 428 g/mol. The molecular weight excluding hydrogens is 404 g/mol. The Morgan fingerprint density at radius 2 is 1.73 bits per heavy atom. The van der Waals surface area contributed by atoms with Crippen molar-refractivity contribution in [2.24, 2.45) is 5.92 Å². The van der Waals surface area contributed by atoms with Crippen molar-refractivity contribution >= 4 is 40.0 Å². The summed E-state index contributed by atoms with van der Waals surface area (Å²) in [6.45, 7) is 1.14. The van der Waals surface area contributed by atoms with Crippen LogP contribution >= 0.6 is 11.8 Å². The molecule has 0 spiro atoms. The highest BCUT2D eigenvalue weighted by Gasteiger charge is 2.28. The number of thioether (sulfide) groups is 1. The van der Waals surface area contributed by atoms with Gasteiger partial charge < -0.3 is 15.1 Å². The summed E-state index contributed by atoms with van der Waals surface area (Å²) in [6, 6.07) is 13.9. The Hall–Kier alpha value is -3.07. The fraction of sp³-hybridized carbons (Fsp3) is 0.333. The van der Waals surface area contributed by atoms with Gasteiger partial charge in [0.05, 0.1) is 10.6 Å². The maximum atomic E-state index is 12.8. The molecule has 0 unspecified atom stereocenters. The minimum atomic E-state index is -0.377. The number of amides is 2. The fourth-order valence-electron chi connectivity index (χ4n) is 3.35. The van der Waals surface area contributed by atoms with Gasteiger partial charge in [-0.1, -0.05) is 24.3 Å². The minimum Gasteiger partial charge on any atom is -0.366 e. The average molecular weight is 429 g/mol. The largest absolute Gasteiger partial charge is 0.366 e. The summed E-state index contributed by atoms with van der Waals surface area (Å²) in [5.74, 6) is -0.283. The third kappa shape index (κ3) is 5.10. The van der Waals surface area contributed by atoms with Gasteiger partial charge in [0.25, 0.3) is 10.9 Å². The van der Waals surface area contributed by atoms with Crippen molar-refractivity contribution in [3.8, 4) is 0 Å². The van der Waals surface area contributed by atoms with Crippen molar-refractivity contribution in [1.29, 1.82) is 0 Å². The first kappa shape index (κ1) is 21.6. The predicted octanol–water partition coefficient (Wildman–Crippen LogP) is 4.22. The summed E-state index contributed by atoms with van der Waals surface area (Å²) in [5, 5.41) is 14.1. The van der Waals surface area contributed by atoms with E-state index in [0.717, 1.165) is 11.8 Å². The third-order valence-corrected chi connectivity index (χ3v) is 6.11. The molecule has 1 fully saturated rings. The molecule has 2 aromatic carbocycles. The van der Waals surface area contributed by atoms with E-state index in [0.29, 0.717) is 42.2 Å². The molecule has 9 heteroatoms. The second kappa shape index (κ2) is 9.62. The number of piperidine rings is 1. The number of hydrogen-bond donors (Lipinski definition) is 1. The van der Waals surface area contributed by atoms with Crippen LogP contribution in [-0.4, -0.2) is 48.2 Å². The van der Waals surface area contributed by atoms with Gasteiger partial charge in [-0.3, -0.25) is 19.7 Å². The number of nitro groups is 1. The highest BCUT2D eigenvalue weighted by molar-refractivity contribution is 8.13. The van der Waals surface area contributed by atoms with Crippen LogP contribution in [0.1, 0.15) is 12.8 Å². The Kier molecular flexibility index (Phi) is 6.94. The normalized spacial score (nSPS) is 14.3. The van der Waals surface area contributed by atoms with Gasteiger partial charge >= 0.3 is 0 Å². The van der Waals surface area contributed by atoms with E-state index >= 15 is 0 Å². The van der Waals surface area contributed by atoms with E-state index in [1.165, 1.54) is 11.0 Å². The second-order valence-electron chi connectivity index (χ2n) is 7.25. The Bertz CT molecular complexity index is 942. The highest BCUT2D eigenvalue weighted by atomic mass is 32.2. The average Bonchev–Trinajstić information content (AvgIpc) is 2.75. The molecule has 0 aliphatic carbocycles. The smallest absolute Gasteiger partial charge is 0.292 e. The van der Waals surface area contributed by atoms with Gasteiger partial charge in [0, 0.05) is 44.1 Å². The zero-order chi connectivity index (χ0) is 21.7. The predicted molar refractivity (Wildman–Crippen MR) is 118 cm³/mol. The molecule has 30 heavy (non-hydrogen) atoms.